The summed E-state index contributed by atoms with van der Waals surface area (Å²) in [5, 5.41) is 0. The highest BCUT2D eigenvalue weighted by atomic mass is 16.1. The molecule has 2 aromatic rings. The topological polar surface area (TPSA) is 58.1 Å². The number of carbonyl (C=O) groups excluding carboxylic acids is 1. The third-order valence-electron chi connectivity index (χ3n) is 3.89. The summed E-state index contributed by atoms with van der Waals surface area (Å²) in [7, 11) is 0. The molecule has 5 heteroatoms. The van der Waals surface area contributed by atoms with Crippen molar-refractivity contribution in [1.82, 2.24) is 14.5 Å². The molecule has 2 heterocycles. The zero-order chi connectivity index (χ0) is 13.4. The monoisotopic (exact) mass is 259 g/mol. The van der Waals surface area contributed by atoms with Crippen LogP contribution in [-0.2, 0) is 4.79 Å². The standard InChI is InChI=1S/C14H17N3O2/c1-10-2-3-13-12(8-10)15-14(19)17(13)11-4-6-16(9-18)7-5-11/h2-3,8-9,11H,4-7H2,1H3,(H,15,19). The van der Waals surface area contributed by atoms with Crippen LogP contribution in [0.3, 0.4) is 0 Å². The van der Waals surface area contributed by atoms with Crippen molar-refractivity contribution in [3.8, 4) is 0 Å². The first-order valence-electron chi connectivity index (χ1n) is 6.59. The van der Waals surface area contributed by atoms with Crippen LogP contribution < -0.4 is 5.69 Å². The van der Waals surface area contributed by atoms with Gasteiger partial charge in [-0.1, -0.05) is 6.07 Å². The van der Waals surface area contributed by atoms with E-state index in [1.807, 2.05) is 29.7 Å². The van der Waals surface area contributed by atoms with Gasteiger partial charge in [0.15, 0.2) is 0 Å². The molecular weight excluding hydrogens is 242 g/mol. The van der Waals surface area contributed by atoms with Crippen LogP contribution >= 0.6 is 0 Å². The van der Waals surface area contributed by atoms with E-state index in [0.29, 0.717) is 0 Å². The van der Waals surface area contributed by atoms with Gasteiger partial charge in [0.2, 0.25) is 6.41 Å². The van der Waals surface area contributed by atoms with E-state index in [1.165, 1.54) is 0 Å². The molecule has 0 aliphatic carbocycles. The average molecular weight is 259 g/mol. The number of carbonyl (C=O) groups is 1. The molecule has 1 aromatic heterocycles. The summed E-state index contributed by atoms with van der Waals surface area (Å²) >= 11 is 0. The predicted molar refractivity (Wildman–Crippen MR) is 73.2 cm³/mol. The van der Waals surface area contributed by atoms with E-state index in [9.17, 15) is 9.59 Å². The Bertz CT molecular complexity index is 663. The molecule has 5 nitrogen and oxygen atoms in total. The van der Waals surface area contributed by atoms with Crippen LogP contribution in [-0.4, -0.2) is 34.0 Å². The van der Waals surface area contributed by atoms with Crippen molar-refractivity contribution in [2.45, 2.75) is 25.8 Å². The highest BCUT2D eigenvalue weighted by Crippen LogP contribution is 2.24. The maximum Gasteiger partial charge on any atom is 0.326 e. The summed E-state index contributed by atoms with van der Waals surface area (Å²) in [6.45, 7) is 3.45. The minimum absolute atomic E-state index is 0.0508. The minimum atomic E-state index is -0.0508. The van der Waals surface area contributed by atoms with E-state index in [1.54, 1.807) is 4.90 Å². The molecule has 0 spiro atoms. The van der Waals surface area contributed by atoms with Crippen LogP contribution in [0.25, 0.3) is 11.0 Å². The molecule has 1 aromatic carbocycles. The number of nitrogens with zero attached hydrogens (tertiary/aromatic N) is 2. The summed E-state index contributed by atoms with van der Waals surface area (Å²) in [6, 6.07) is 6.19. The summed E-state index contributed by atoms with van der Waals surface area (Å²) in [6.07, 6.45) is 2.55. The first-order valence-corrected chi connectivity index (χ1v) is 6.59. The van der Waals surface area contributed by atoms with Crippen LogP contribution in [0.15, 0.2) is 23.0 Å². The number of H-pyrrole nitrogens is 1. The lowest BCUT2D eigenvalue weighted by Crippen LogP contribution is -2.36. The van der Waals surface area contributed by atoms with Crippen LogP contribution in [0.2, 0.25) is 0 Å². The molecule has 1 aliphatic heterocycles. The summed E-state index contributed by atoms with van der Waals surface area (Å²) in [4.78, 5) is 27.5. The van der Waals surface area contributed by atoms with Crippen LogP contribution in [0.1, 0.15) is 24.4 Å². The second kappa shape index (κ2) is 4.57. The van der Waals surface area contributed by atoms with Crippen LogP contribution in [0, 0.1) is 6.92 Å². The SMILES string of the molecule is Cc1ccc2c(c1)[nH]c(=O)n2C1CCN(C=O)CC1. The number of imidazole rings is 1. The molecule has 0 bridgehead atoms. The quantitative estimate of drug-likeness (QED) is 0.829. The van der Waals surface area contributed by atoms with Crippen molar-refractivity contribution >= 4 is 17.4 Å². The van der Waals surface area contributed by atoms with E-state index in [4.69, 9.17) is 0 Å². The smallest absolute Gasteiger partial charge is 0.326 e. The number of piperidine rings is 1. The van der Waals surface area contributed by atoms with Gasteiger partial charge < -0.3 is 9.88 Å². The van der Waals surface area contributed by atoms with Gasteiger partial charge in [-0.25, -0.2) is 4.79 Å². The Balaban J connectivity index is 1.99. The number of fused-ring (bicyclic) bond motifs is 1. The number of aromatic amines is 1. The molecule has 3 rings (SSSR count). The molecular formula is C14H17N3O2. The maximum absolute atomic E-state index is 12.1. The van der Waals surface area contributed by atoms with Gasteiger partial charge in [0, 0.05) is 19.1 Å². The number of hydrogen-bond donors (Lipinski definition) is 1. The molecule has 100 valence electrons. The Morgan fingerprint density at radius 1 is 1.32 bits per heavy atom. The molecule has 1 N–H and O–H groups in total. The summed E-state index contributed by atoms with van der Waals surface area (Å²) in [5.74, 6) is 0. The average Bonchev–Trinajstić information content (AvgIpc) is 2.74. The third-order valence-corrected chi connectivity index (χ3v) is 3.89. The molecule has 1 fully saturated rings. The Hall–Kier alpha value is -2.04. The Morgan fingerprint density at radius 3 is 2.74 bits per heavy atom. The van der Waals surface area contributed by atoms with Crippen molar-refractivity contribution in [2.24, 2.45) is 0 Å². The van der Waals surface area contributed by atoms with Gasteiger partial charge in [0.05, 0.1) is 11.0 Å². The highest BCUT2D eigenvalue weighted by Gasteiger charge is 2.22. The van der Waals surface area contributed by atoms with E-state index >= 15 is 0 Å². The van der Waals surface area contributed by atoms with Gasteiger partial charge in [-0.3, -0.25) is 9.36 Å². The number of benzene rings is 1. The second-order valence-corrected chi connectivity index (χ2v) is 5.19. The lowest BCUT2D eigenvalue weighted by Gasteiger charge is -2.29. The van der Waals surface area contributed by atoms with Crippen LogP contribution in [0.4, 0.5) is 0 Å². The maximum atomic E-state index is 12.1. The molecule has 0 unspecified atom stereocenters. The van der Waals surface area contributed by atoms with Crippen molar-refractivity contribution in [2.75, 3.05) is 13.1 Å². The zero-order valence-electron chi connectivity index (χ0n) is 10.9. The number of hydrogen-bond acceptors (Lipinski definition) is 2. The second-order valence-electron chi connectivity index (χ2n) is 5.19. The zero-order valence-corrected chi connectivity index (χ0v) is 10.9. The van der Waals surface area contributed by atoms with Gasteiger partial charge in [-0.05, 0) is 37.5 Å². The molecule has 1 amide bonds. The highest BCUT2D eigenvalue weighted by molar-refractivity contribution is 5.76. The number of aryl methyl sites for hydroxylation is 1. The van der Waals surface area contributed by atoms with Crippen molar-refractivity contribution < 1.29 is 4.79 Å². The fourth-order valence-corrected chi connectivity index (χ4v) is 2.86. The fraction of sp³-hybridized carbons (Fsp3) is 0.429. The van der Waals surface area contributed by atoms with Gasteiger partial charge in [-0.2, -0.15) is 0 Å². The van der Waals surface area contributed by atoms with Gasteiger partial charge in [0.25, 0.3) is 0 Å². The number of amides is 1. The number of aromatic nitrogens is 2. The normalized spacial score (nSPS) is 17.0. The van der Waals surface area contributed by atoms with Gasteiger partial charge >= 0.3 is 5.69 Å². The largest absolute Gasteiger partial charge is 0.345 e. The first-order chi connectivity index (χ1) is 9.19. The Kier molecular flexibility index (Phi) is 2.89. The fourth-order valence-electron chi connectivity index (χ4n) is 2.86. The molecule has 0 radical (unpaired) electrons. The van der Waals surface area contributed by atoms with Gasteiger partial charge in [0.1, 0.15) is 0 Å². The molecule has 19 heavy (non-hydrogen) atoms. The number of nitrogens with one attached hydrogen (secondary N) is 1. The van der Waals surface area contributed by atoms with E-state index in [0.717, 1.165) is 48.9 Å². The molecule has 1 aliphatic rings. The van der Waals surface area contributed by atoms with E-state index < -0.39 is 0 Å². The molecule has 0 saturated carbocycles. The van der Waals surface area contributed by atoms with E-state index in [-0.39, 0.29) is 11.7 Å². The van der Waals surface area contributed by atoms with Crippen molar-refractivity contribution in [3.63, 3.8) is 0 Å². The van der Waals surface area contributed by atoms with Gasteiger partial charge in [-0.15, -0.1) is 0 Å². The van der Waals surface area contributed by atoms with Crippen LogP contribution in [0.5, 0.6) is 0 Å². The molecule has 1 saturated heterocycles. The molecule has 0 atom stereocenters. The summed E-state index contributed by atoms with van der Waals surface area (Å²) in [5.41, 5.74) is 2.93. The predicted octanol–water partition coefficient (Wildman–Crippen LogP) is 1.43. The third kappa shape index (κ3) is 2.05. The van der Waals surface area contributed by atoms with Crippen molar-refractivity contribution in [1.29, 1.82) is 0 Å². The Labute approximate surface area is 110 Å². The van der Waals surface area contributed by atoms with Crippen molar-refractivity contribution in [3.05, 3.63) is 34.2 Å². The number of rotatable bonds is 2. The lowest BCUT2D eigenvalue weighted by atomic mass is 10.1. The number of likely N-dealkylation sites (tertiary alicyclic amines) is 1. The van der Waals surface area contributed by atoms with E-state index in [2.05, 4.69) is 4.98 Å². The minimum Gasteiger partial charge on any atom is -0.345 e. The summed E-state index contributed by atoms with van der Waals surface area (Å²) < 4.78 is 1.84. The lowest BCUT2D eigenvalue weighted by molar-refractivity contribution is -0.119. The Morgan fingerprint density at radius 2 is 2.05 bits per heavy atom. The first kappa shape index (κ1) is 12.0.